The molecule has 17 heavy (non-hydrogen) atoms. The van der Waals surface area contributed by atoms with Crippen LogP contribution in [0.1, 0.15) is 37.7 Å². The van der Waals surface area contributed by atoms with Crippen LogP contribution in [0, 0.1) is 11.7 Å². The summed E-state index contributed by atoms with van der Waals surface area (Å²) < 4.78 is 13.2. The Hall–Kier alpha value is -0.890. The van der Waals surface area contributed by atoms with Crippen molar-refractivity contribution in [1.82, 2.24) is 0 Å². The van der Waals surface area contributed by atoms with E-state index in [1.54, 1.807) is 12.1 Å². The fourth-order valence-corrected chi connectivity index (χ4v) is 2.63. The highest BCUT2D eigenvalue weighted by molar-refractivity contribution is 6.31. The first-order chi connectivity index (χ1) is 8.18. The molecule has 0 atom stereocenters. The minimum absolute atomic E-state index is 0.0941. The molecule has 0 aliphatic heterocycles. The average Bonchev–Trinajstić information content (AvgIpc) is 2.36. The monoisotopic (exact) mass is 254 g/mol. The van der Waals surface area contributed by atoms with Crippen molar-refractivity contribution >= 4 is 17.4 Å². The van der Waals surface area contributed by atoms with Gasteiger partial charge in [-0.25, -0.2) is 4.39 Å². The third-order valence-electron chi connectivity index (χ3n) is 3.46. The topological polar surface area (TPSA) is 17.1 Å². The Morgan fingerprint density at radius 2 is 2.00 bits per heavy atom. The molecule has 2 rings (SSSR count). The zero-order chi connectivity index (χ0) is 12.3. The van der Waals surface area contributed by atoms with Crippen molar-refractivity contribution in [2.24, 2.45) is 5.92 Å². The number of benzene rings is 1. The van der Waals surface area contributed by atoms with E-state index in [1.165, 1.54) is 12.5 Å². The predicted octanol–water partition coefficient (Wildman–Crippen LogP) is 4.17. The van der Waals surface area contributed by atoms with Crippen molar-refractivity contribution in [3.63, 3.8) is 0 Å². The van der Waals surface area contributed by atoms with Crippen molar-refractivity contribution in [1.29, 1.82) is 0 Å². The number of halogens is 2. The first-order valence-corrected chi connectivity index (χ1v) is 6.52. The van der Waals surface area contributed by atoms with Crippen LogP contribution in [0.4, 0.5) is 4.39 Å². The highest BCUT2D eigenvalue weighted by Crippen LogP contribution is 2.27. The minimum atomic E-state index is -0.444. The van der Waals surface area contributed by atoms with Gasteiger partial charge in [0, 0.05) is 12.3 Å². The smallest absolute Gasteiger partial charge is 0.142 e. The van der Waals surface area contributed by atoms with Crippen molar-refractivity contribution in [3.8, 4) is 0 Å². The van der Waals surface area contributed by atoms with Crippen molar-refractivity contribution in [3.05, 3.63) is 34.6 Å². The van der Waals surface area contributed by atoms with Gasteiger partial charge in [0.2, 0.25) is 0 Å². The van der Waals surface area contributed by atoms with E-state index >= 15 is 0 Å². The van der Waals surface area contributed by atoms with Crippen LogP contribution >= 0.6 is 11.6 Å². The van der Waals surface area contributed by atoms with Gasteiger partial charge in [-0.05, 0) is 24.5 Å². The maximum Gasteiger partial charge on any atom is 0.142 e. The van der Waals surface area contributed by atoms with Gasteiger partial charge in [-0.3, -0.25) is 4.79 Å². The van der Waals surface area contributed by atoms with E-state index in [9.17, 15) is 9.18 Å². The number of carbonyl (C=O) groups is 1. The summed E-state index contributed by atoms with van der Waals surface area (Å²) in [5.74, 6) is -0.0825. The molecule has 1 fully saturated rings. The number of hydrogen-bond acceptors (Lipinski definition) is 1. The van der Waals surface area contributed by atoms with E-state index < -0.39 is 5.82 Å². The molecule has 0 saturated heterocycles. The van der Waals surface area contributed by atoms with Crippen LogP contribution in [-0.4, -0.2) is 5.78 Å². The Morgan fingerprint density at radius 3 is 2.71 bits per heavy atom. The first kappa shape index (κ1) is 12.6. The molecule has 0 N–H and O–H groups in total. The predicted molar refractivity (Wildman–Crippen MR) is 66.7 cm³/mol. The largest absolute Gasteiger partial charge is 0.299 e. The lowest BCUT2D eigenvalue weighted by atomic mass is 9.84. The maximum atomic E-state index is 13.2. The molecule has 1 nitrogen and oxygen atoms in total. The molecule has 0 radical (unpaired) electrons. The second-order valence-corrected chi connectivity index (χ2v) is 5.07. The number of ketones is 1. The number of carbonyl (C=O) groups excluding carboxylic acids is 1. The fraction of sp³-hybridized carbons (Fsp3) is 0.500. The Balaban J connectivity index is 2.04. The Bertz CT molecular complexity index is 411. The molecule has 1 aliphatic rings. The van der Waals surface area contributed by atoms with E-state index in [-0.39, 0.29) is 23.1 Å². The van der Waals surface area contributed by atoms with E-state index in [0.29, 0.717) is 5.56 Å². The van der Waals surface area contributed by atoms with Gasteiger partial charge >= 0.3 is 0 Å². The highest BCUT2D eigenvalue weighted by Gasteiger charge is 2.22. The summed E-state index contributed by atoms with van der Waals surface area (Å²) in [6, 6.07) is 4.65. The Morgan fingerprint density at radius 1 is 1.29 bits per heavy atom. The third-order valence-corrected chi connectivity index (χ3v) is 3.88. The lowest BCUT2D eigenvalue weighted by molar-refractivity contribution is -0.123. The lowest BCUT2D eigenvalue weighted by Crippen LogP contribution is -2.19. The van der Waals surface area contributed by atoms with Crippen LogP contribution < -0.4 is 0 Å². The number of rotatable bonds is 3. The molecule has 1 saturated carbocycles. The average molecular weight is 255 g/mol. The summed E-state index contributed by atoms with van der Waals surface area (Å²) in [7, 11) is 0. The molecule has 1 aliphatic carbocycles. The first-order valence-electron chi connectivity index (χ1n) is 6.14. The quantitative estimate of drug-likeness (QED) is 0.791. The number of hydrogen-bond donors (Lipinski definition) is 0. The standard InChI is InChI=1S/C14H16ClFO/c15-14-11(7-4-8-12(14)16)9-13(17)10-5-2-1-3-6-10/h4,7-8,10H,1-3,5-6,9H2. The van der Waals surface area contributed by atoms with E-state index in [1.807, 2.05) is 0 Å². The summed E-state index contributed by atoms with van der Waals surface area (Å²) in [5, 5.41) is 0.0941. The molecule has 0 bridgehead atoms. The third kappa shape index (κ3) is 3.06. The minimum Gasteiger partial charge on any atom is -0.299 e. The van der Waals surface area contributed by atoms with Gasteiger partial charge in [0.15, 0.2) is 0 Å². The van der Waals surface area contributed by atoms with Crippen LogP contribution in [0.3, 0.4) is 0 Å². The van der Waals surface area contributed by atoms with E-state index in [0.717, 1.165) is 25.7 Å². The second kappa shape index (κ2) is 5.63. The van der Waals surface area contributed by atoms with Crippen molar-refractivity contribution in [2.75, 3.05) is 0 Å². The highest BCUT2D eigenvalue weighted by atomic mass is 35.5. The van der Waals surface area contributed by atoms with Crippen molar-refractivity contribution < 1.29 is 9.18 Å². The summed E-state index contributed by atoms with van der Waals surface area (Å²) in [6.45, 7) is 0. The molecule has 3 heteroatoms. The summed E-state index contributed by atoms with van der Waals surface area (Å²) in [5.41, 5.74) is 0.613. The maximum absolute atomic E-state index is 13.2. The van der Waals surface area contributed by atoms with Crippen LogP contribution in [0.5, 0.6) is 0 Å². The molecule has 0 spiro atoms. The summed E-state index contributed by atoms with van der Waals surface area (Å²) in [4.78, 5) is 12.0. The Labute approximate surface area is 106 Å². The second-order valence-electron chi connectivity index (χ2n) is 4.69. The van der Waals surface area contributed by atoms with Crippen LogP contribution in [0.15, 0.2) is 18.2 Å². The molecule has 0 amide bonds. The molecule has 0 unspecified atom stereocenters. The molecular weight excluding hydrogens is 239 g/mol. The van der Waals surface area contributed by atoms with Gasteiger partial charge < -0.3 is 0 Å². The van der Waals surface area contributed by atoms with Gasteiger partial charge in [0.1, 0.15) is 11.6 Å². The lowest BCUT2D eigenvalue weighted by Gasteiger charge is -2.20. The molecule has 1 aromatic carbocycles. The van der Waals surface area contributed by atoms with Crippen molar-refractivity contribution in [2.45, 2.75) is 38.5 Å². The zero-order valence-corrected chi connectivity index (χ0v) is 10.5. The van der Waals surface area contributed by atoms with Gasteiger partial charge in [-0.1, -0.05) is 43.0 Å². The molecule has 0 heterocycles. The van der Waals surface area contributed by atoms with Gasteiger partial charge in [0.25, 0.3) is 0 Å². The van der Waals surface area contributed by atoms with Gasteiger partial charge in [-0.15, -0.1) is 0 Å². The fourth-order valence-electron chi connectivity index (χ4n) is 2.44. The molecule has 0 aromatic heterocycles. The Kier molecular flexibility index (Phi) is 4.16. The van der Waals surface area contributed by atoms with Crippen LogP contribution in [0.25, 0.3) is 0 Å². The zero-order valence-electron chi connectivity index (χ0n) is 9.72. The van der Waals surface area contributed by atoms with Gasteiger partial charge in [0.05, 0.1) is 5.02 Å². The molecule has 1 aromatic rings. The van der Waals surface area contributed by atoms with Crippen LogP contribution in [0.2, 0.25) is 5.02 Å². The molecule has 92 valence electrons. The van der Waals surface area contributed by atoms with E-state index in [2.05, 4.69) is 0 Å². The van der Waals surface area contributed by atoms with Crippen LogP contribution in [-0.2, 0) is 11.2 Å². The van der Waals surface area contributed by atoms with Gasteiger partial charge in [-0.2, -0.15) is 0 Å². The summed E-state index contributed by atoms with van der Waals surface area (Å²) >= 11 is 5.85. The SMILES string of the molecule is O=C(Cc1cccc(F)c1Cl)C1CCCCC1. The molecular formula is C14H16ClFO. The normalized spacial score (nSPS) is 17.1. The summed E-state index contributed by atoms with van der Waals surface area (Å²) in [6.07, 6.45) is 5.71. The van der Waals surface area contributed by atoms with E-state index in [4.69, 9.17) is 11.6 Å². The number of Topliss-reactive ketones (excluding diaryl/α,β-unsaturated/α-hetero) is 1.